The van der Waals surface area contributed by atoms with E-state index in [9.17, 15) is 9.90 Å². The van der Waals surface area contributed by atoms with Crippen LogP contribution in [0.1, 0.15) is 39.9 Å². The first kappa shape index (κ1) is 19.6. The second kappa shape index (κ2) is 8.33. The highest BCUT2D eigenvalue weighted by molar-refractivity contribution is 7.24. The molecule has 28 heavy (non-hydrogen) atoms. The first-order chi connectivity index (χ1) is 13.5. The lowest BCUT2D eigenvalue weighted by atomic mass is 9.87. The molecule has 0 saturated carbocycles. The molecule has 0 spiro atoms. The van der Waals surface area contributed by atoms with Crippen molar-refractivity contribution in [1.29, 1.82) is 0 Å². The zero-order valence-electron chi connectivity index (χ0n) is 15.5. The standard InChI is InChI=1S/C21H21ClN2O2S2/c1-13-19(28-20(23-13)16-7-8-17(22)27-16)21(26)24-11-9-15(10-12-24)18(25)14-5-3-2-4-6-14/h2-8,15,18,25H,9-12H2,1H3. The number of aliphatic hydroxyl groups excluding tert-OH is 1. The first-order valence-electron chi connectivity index (χ1n) is 9.28. The lowest BCUT2D eigenvalue weighted by Crippen LogP contribution is -2.39. The number of carbonyl (C=O) groups is 1. The van der Waals surface area contributed by atoms with Gasteiger partial charge < -0.3 is 10.0 Å². The maximum absolute atomic E-state index is 13.0. The maximum Gasteiger partial charge on any atom is 0.265 e. The number of carbonyl (C=O) groups excluding carboxylic acids is 1. The van der Waals surface area contributed by atoms with Crippen molar-refractivity contribution in [3.8, 4) is 9.88 Å². The molecule has 3 heterocycles. The molecule has 146 valence electrons. The summed E-state index contributed by atoms with van der Waals surface area (Å²) in [4.78, 5) is 21.2. The van der Waals surface area contributed by atoms with Crippen LogP contribution in [0, 0.1) is 12.8 Å². The number of halogens is 1. The van der Waals surface area contributed by atoms with Gasteiger partial charge in [0, 0.05) is 13.1 Å². The molecule has 0 aliphatic carbocycles. The number of nitrogens with zero attached hydrogens (tertiary/aromatic N) is 2. The van der Waals surface area contributed by atoms with Crippen LogP contribution in [-0.4, -0.2) is 34.0 Å². The normalized spacial score (nSPS) is 16.3. The highest BCUT2D eigenvalue weighted by Gasteiger charge is 2.30. The highest BCUT2D eigenvalue weighted by Crippen LogP contribution is 2.36. The molecule has 1 amide bonds. The Balaban J connectivity index is 1.42. The Bertz CT molecular complexity index is 962. The summed E-state index contributed by atoms with van der Waals surface area (Å²) in [6.45, 7) is 3.20. The summed E-state index contributed by atoms with van der Waals surface area (Å²) in [5.41, 5.74) is 1.71. The molecule has 1 N–H and O–H groups in total. The monoisotopic (exact) mass is 432 g/mol. The third-order valence-electron chi connectivity index (χ3n) is 5.19. The first-order valence-corrected chi connectivity index (χ1v) is 11.3. The minimum Gasteiger partial charge on any atom is -0.388 e. The number of piperidine rings is 1. The molecule has 7 heteroatoms. The third kappa shape index (κ3) is 4.01. The van der Waals surface area contributed by atoms with Gasteiger partial charge in [0.1, 0.15) is 9.88 Å². The van der Waals surface area contributed by atoms with Crippen LogP contribution in [-0.2, 0) is 0 Å². The SMILES string of the molecule is Cc1nc(-c2ccc(Cl)s2)sc1C(=O)N1CCC(C(O)c2ccccc2)CC1. The summed E-state index contributed by atoms with van der Waals surface area (Å²) in [6.07, 6.45) is 1.12. The van der Waals surface area contributed by atoms with Gasteiger partial charge in [0.25, 0.3) is 5.91 Å². The Morgan fingerprint density at radius 2 is 1.89 bits per heavy atom. The van der Waals surface area contributed by atoms with Gasteiger partial charge in [-0.15, -0.1) is 22.7 Å². The molecule has 0 bridgehead atoms. The molecular formula is C21H21ClN2O2S2. The van der Waals surface area contributed by atoms with Crippen molar-refractivity contribution in [1.82, 2.24) is 9.88 Å². The number of amides is 1. The molecule has 1 aromatic carbocycles. The Labute approximate surface area is 177 Å². The van der Waals surface area contributed by atoms with E-state index in [0.29, 0.717) is 18.0 Å². The summed E-state index contributed by atoms with van der Waals surface area (Å²) in [5, 5.41) is 11.5. The summed E-state index contributed by atoms with van der Waals surface area (Å²) in [5.74, 6) is 0.217. The van der Waals surface area contributed by atoms with Crippen LogP contribution in [0.2, 0.25) is 4.34 Å². The fourth-order valence-corrected chi connectivity index (χ4v) is 5.75. The number of likely N-dealkylation sites (tertiary alicyclic amines) is 1. The summed E-state index contributed by atoms with van der Waals surface area (Å²) in [6, 6.07) is 13.6. The molecule has 1 fully saturated rings. The predicted octanol–water partition coefficient (Wildman–Crippen LogP) is 5.42. The topological polar surface area (TPSA) is 53.4 Å². The molecule has 0 radical (unpaired) electrons. The summed E-state index contributed by atoms with van der Waals surface area (Å²) in [7, 11) is 0. The number of benzene rings is 1. The van der Waals surface area contributed by atoms with Crippen molar-refractivity contribution in [2.45, 2.75) is 25.9 Å². The van der Waals surface area contributed by atoms with Gasteiger partial charge in [-0.25, -0.2) is 4.98 Å². The molecule has 1 aliphatic rings. The zero-order chi connectivity index (χ0) is 19.7. The van der Waals surface area contributed by atoms with E-state index >= 15 is 0 Å². The van der Waals surface area contributed by atoms with E-state index in [-0.39, 0.29) is 11.8 Å². The van der Waals surface area contributed by atoms with Crippen molar-refractivity contribution in [3.05, 3.63) is 62.9 Å². The number of aryl methyl sites for hydroxylation is 1. The highest BCUT2D eigenvalue weighted by atomic mass is 35.5. The van der Waals surface area contributed by atoms with Gasteiger partial charge >= 0.3 is 0 Å². The number of hydrogen-bond acceptors (Lipinski definition) is 5. The van der Waals surface area contributed by atoms with Crippen molar-refractivity contribution >= 4 is 40.2 Å². The van der Waals surface area contributed by atoms with E-state index in [1.807, 2.05) is 54.3 Å². The molecule has 1 aliphatic heterocycles. The Morgan fingerprint density at radius 3 is 2.54 bits per heavy atom. The van der Waals surface area contributed by atoms with Gasteiger partial charge in [-0.05, 0) is 43.4 Å². The number of aliphatic hydroxyl groups is 1. The van der Waals surface area contributed by atoms with Gasteiger partial charge in [0.2, 0.25) is 0 Å². The fourth-order valence-electron chi connectivity index (χ4n) is 3.61. The molecule has 1 saturated heterocycles. The van der Waals surface area contributed by atoms with Gasteiger partial charge in [-0.2, -0.15) is 0 Å². The number of aromatic nitrogens is 1. The number of rotatable bonds is 4. The lowest BCUT2D eigenvalue weighted by molar-refractivity contribution is 0.0465. The van der Waals surface area contributed by atoms with Crippen LogP contribution in [0.25, 0.3) is 9.88 Å². The minimum absolute atomic E-state index is 0.0385. The zero-order valence-corrected chi connectivity index (χ0v) is 17.9. The lowest BCUT2D eigenvalue weighted by Gasteiger charge is -2.34. The second-order valence-corrected chi connectivity index (χ2v) is 9.74. The van der Waals surface area contributed by atoms with Crippen LogP contribution >= 0.6 is 34.3 Å². The van der Waals surface area contributed by atoms with Crippen molar-refractivity contribution in [2.24, 2.45) is 5.92 Å². The smallest absolute Gasteiger partial charge is 0.265 e. The molecule has 2 aromatic heterocycles. The van der Waals surface area contributed by atoms with Crippen molar-refractivity contribution in [3.63, 3.8) is 0 Å². The van der Waals surface area contributed by atoms with Crippen LogP contribution < -0.4 is 0 Å². The van der Waals surface area contributed by atoms with E-state index in [1.165, 1.54) is 22.7 Å². The summed E-state index contributed by atoms with van der Waals surface area (Å²) < 4.78 is 0.717. The molecule has 3 aromatic rings. The van der Waals surface area contributed by atoms with Gasteiger partial charge in [-0.3, -0.25) is 4.79 Å². The van der Waals surface area contributed by atoms with E-state index in [0.717, 1.165) is 38.3 Å². The predicted molar refractivity (Wildman–Crippen MR) is 115 cm³/mol. The minimum atomic E-state index is -0.473. The second-order valence-electron chi connectivity index (χ2n) is 7.02. The number of thiazole rings is 1. The number of thiophene rings is 1. The Hall–Kier alpha value is -1.73. The summed E-state index contributed by atoms with van der Waals surface area (Å²) >= 11 is 8.93. The molecule has 1 atom stereocenters. The van der Waals surface area contributed by atoms with Crippen LogP contribution in [0.15, 0.2) is 42.5 Å². The fraction of sp³-hybridized carbons (Fsp3) is 0.333. The van der Waals surface area contributed by atoms with E-state index < -0.39 is 6.10 Å². The average molecular weight is 433 g/mol. The van der Waals surface area contributed by atoms with Crippen LogP contribution in [0.3, 0.4) is 0 Å². The maximum atomic E-state index is 13.0. The van der Waals surface area contributed by atoms with E-state index in [4.69, 9.17) is 11.6 Å². The van der Waals surface area contributed by atoms with Crippen molar-refractivity contribution in [2.75, 3.05) is 13.1 Å². The average Bonchev–Trinajstić information content (AvgIpc) is 3.33. The molecule has 4 nitrogen and oxygen atoms in total. The number of hydrogen-bond donors (Lipinski definition) is 1. The van der Waals surface area contributed by atoms with Crippen LogP contribution in [0.4, 0.5) is 0 Å². The Kier molecular flexibility index (Phi) is 5.83. The van der Waals surface area contributed by atoms with Gasteiger partial charge in [0.05, 0.1) is 21.0 Å². The quantitative estimate of drug-likeness (QED) is 0.598. The molecule has 1 unspecified atom stereocenters. The van der Waals surface area contributed by atoms with E-state index in [1.54, 1.807) is 0 Å². The largest absolute Gasteiger partial charge is 0.388 e. The Morgan fingerprint density at radius 1 is 1.18 bits per heavy atom. The van der Waals surface area contributed by atoms with Gasteiger partial charge in [0.15, 0.2) is 0 Å². The van der Waals surface area contributed by atoms with E-state index in [2.05, 4.69) is 4.98 Å². The van der Waals surface area contributed by atoms with Crippen molar-refractivity contribution < 1.29 is 9.90 Å². The molecular weight excluding hydrogens is 412 g/mol. The van der Waals surface area contributed by atoms with Crippen LogP contribution in [0.5, 0.6) is 0 Å². The van der Waals surface area contributed by atoms with Gasteiger partial charge in [-0.1, -0.05) is 41.9 Å². The third-order valence-corrected chi connectivity index (χ3v) is 7.74. The molecule has 4 rings (SSSR count).